The summed E-state index contributed by atoms with van der Waals surface area (Å²) in [5, 5.41) is 8.92. The van der Waals surface area contributed by atoms with Gasteiger partial charge in [-0.05, 0) is 24.6 Å². The highest BCUT2D eigenvalue weighted by molar-refractivity contribution is 6.40. The van der Waals surface area contributed by atoms with Crippen LogP contribution in [0.5, 0.6) is 0 Å². The van der Waals surface area contributed by atoms with Gasteiger partial charge in [-0.2, -0.15) is 13.2 Å². The van der Waals surface area contributed by atoms with Crippen LogP contribution in [0.25, 0.3) is 5.69 Å². The Morgan fingerprint density at radius 1 is 1.05 bits per heavy atom. The number of aromatic nitrogens is 1. The van der Waals surface area contributed by atoms with Crippen LogP contribution in [0.3, 0.4) is 0 Å². The lowest BCUT2D eigenvalue weighted by molar-refractivity contribution is -0.137. The molecule has 9 heteroatoms. The molecule has 0 aliphatic carbocycles. The molecular formula is C13H8Cl4F3NO. The first kappa shape index (κ1) is 17.8. The molecule has 0 radical (unpaired) electrons. The molecule has 0 unspecified atom stereocenters. The first-order chi connectivity index (χ1) is 10.1. The number of halogens is 7. The maximum Gasteiger partial charge on any atom is 0.416 e. The van der Waals surface area contributed by atoms with Crippen LogP contribution in [0, 0.1) is 6.92 Å². The summed E-state index contributed by atoms with van der Waals surface area (Å²) in [6.45, 7) is 1.23. The monoisotopic (exact) mass is 391 g/mol. The summed E-state index contributed by atoms with van der Waals surface area (Å²) in [6.07, 6.45) is -4.58. The maximum absolute atomic E-state index is 12.8. The van der Waals surface area contributed by atoms with Gasteiger partial charge in [0, 0.05) is 5.56 Å². The van der Waals surface area contributed by atoms with Crippen molar-refractivity contribution in [1.82, 2.24) is 4.57 Å². The minimum absolute atomic E-state index is 0.0223. The zero-order valence-electron chi connectivity index (χ0n) is 10.9. The van der Waals surface area contributed by atoms with Gasteiger partial charge in [0.05, 0.1) is 27.9 Å². The fourth-order valence-corrected chi connectivity index (χ4v) is 3.34. The van der Waals surface area contributed by atoms with Crippen molar-refractivity contribution in [3.8, 4) is 5.69 Å². The Bertz CT molecular complexity index is 717. The number of nitrogens with zero attached hydrogens (tertiary/aromatic N) is 1. The lowest BCUT2D eigenvalue weighted by Crippen LogP contribution is -2.07. The van der Waals surface area contributed by atoms with E-state index in [1.807, 2.05) is 0 Å². The molecule has 2 rings (SSSR count). The fraction of sp³-hybridized carbons (Fsp3) is 0.231. The van der Waals surface area contributed by atoms with E-state index >= 15 is 0 Å². The van der Waals surface area contributed by atoms with Crippen molar-refractivity contribution < 1.29 is 18.3 Å². The van der Waals surface area contributed by atoms with Crippen molar-refractivity contribution in [1.29, 1.82) is 0 Å². The molecule has 1 heterocycles. The van der Waals surface area contributed by atoms with E-state index in [0.717, 1.165) is 12.1 Å². The zero-order valence-corrected chi connectivity index (χ0v) is 13.9. The Morgan fingerprint density at radius 3 is 1.91 bits per heavy atom. The van der Waals surface area contributed by atoms with Crippen molar-refractivity contribution in [2.75, 3.05) is 0 Å². The van der Waals surface area contributed by atoms with Crippen LogP contribution in [-0.4, -0.2) is 9.67 Å². The summed E-state index contributed by atoms with van der Waals surface area (Å²) in [6, 6.07) is 1.48. The molecular weight excluding hydrogens is 385 g/mol. The van der Waals surface area contributed by atoms with Crippen LogP contribution < -0.4 is 0 Å². The highest BCUT2D eigenvalue weighted by Gasteiger charge is 2.33. The Morgan fingerprint density at radius 2 is 1.55 bits per heavy atom. The second-order valence-corrected chi connectivity index (χ2v) is 6.00. The van der Waals surface area contributed by atoms with Crippen LogP contribution in [0.4, 0.5) is 13.2 Å². The molecule has 0 aliphatic heterocycles. The molecule has 2 aromatic rings. The number of hydrogen-bond donors (Lipinski definition) is 1. The number of aliphatic hydroxyl groups is 1. The molecule has 1 N–H and O–H groups in total. The maximum atomic E-state index is 12.8. The largest absolute Gasteiger partial charge is 0.416 e. The van der Waals surface area contributed by atoms with Crippen molar-refractivity contribution in [2.45, 2.75) is 19.7 Å². The second kappa shape index (κ2) is 6.13. The summed E-state index contributed by atoms with van der Waals surface area (Å²) in [7, 11) is 0. The van der Waals surface area contributed by atoms with Crippen molar-refractivity contribution in [3.63, 3.8) is 0 Å². The molecule has 1 aromatic heterocycles. The average molecular weight is 393 g/mol. The first-order valence-corrected chi connectivity index (χ1v) is 7.33. The molecule has 0 amide bonds. The lowest BCUT2D eigenvalue weighted by atomic mass is 10.2. The van der Waals surface area contributed by atoms with Gasteiger partial charge in [-0.1, -0.05) is 46.4 Å². The molecule has 0 saturated carbocycles. The summed E-state index contributed by atoms with van der Waals surface area (Å²) < 4.78 is 39.5. The summed E-state index contributed by atoms with van der Waals surface area (Å²) in [5.41, 5.74) is -0.126. The highest BCUT2D eigenvalue weighted by Crippen LogP contribution is 2.42. The van der Waals surface area contributed by atoms with Gasteiger partial charge in [0.25, 0.3) is 0 Å². The van der Waals surface area contributed by atoms with Crippen LogP contribution in [0.15, 0.2) is 12.1 Å². The van der Waals surface area contributed by atoms with Gasteiger partial charge in [-0.3, -0.25) is 4.57 Å². The van der Waals surface area contributed by atoms with Crippen LogP contribution in [0.2, 0.25) is 20.4 Å². The number of aliphatic hydroxyl groups excluding tert-OH is 1. The summed E-state index contributed by atoms with van der Waals surface area (Å²) >= 11 is 24.1. The Labute approximate surface area is 144 Å². The SMILES string of the molecule is Cc1c(CO)c(Cl)n(-c2c(Cl)cc(C(F)(F)F)cc2Cl)c1Cl. The van der Waals surface area contributed by atoms with E-state index in [1.54, 1.807) is 6.92 Å². The molecule has 0 fully saturated rings. The normalized spacial score (nSPS) is 12.0. The molecule has 22 heavy (non-hydrogen) atoms. The third-order valence-electron chi connectivity index (χ3n) is 3.13. The lowest BCUT2D eigenvalue weighted by Gasteiger charge is -2.15. The molecule has 0 aliphatic rings. The average Bonchev–Trinajstić information content (AvgIpc) is 2.60. The molecule has 0 spiro atoms. The zero-order chi connectivity index (χ0) is 16.8. The minimum atomic E-state index is -4.58. The van der Waals surface area contributed by atoms with Crippen molar-refractivity contribution >= 4 is 46.4 Å². The van der Waals surface area contributed by atoms with Gasteiger partial charge in [-0.15, -0.1) is 0 Å². The quantitative estimate of drug-likeness (QED) is 0.675. The van der Waals surface area contributed by atoms with Crippen molar-refractivity contribution in [2.24, 2.45) is 0 Å². The minimum Gasteiger partial charge on any atom is -0.392 e. The Hall–Kier alpha value is -0.590. The van der Waals surface area contributed by atoms with E-state index in [0.29, 0.717) is 11.1 Å². The predicted octanol–water partition coefficient (Wildman–Crippen LogP) is 5.91. The third kappa shape index (κ3) is 2.93. The molecule has 120 valence electrons. The third-order valence-corrected chi connectivity index (χ3v) is 4.56. The van der Waals surface area contributed by atoms with Gasteiger partial charge in [-0.25, -0.2) is 0 Å². The van der Waals surface area contributed by atoms with Crippen LogP contribution in [-0.2, 0) is 12.8 Å². The van der Waals surface area contributed by atoms with Gasteiger partial charge < -0.3 is 5.11 Å². The standard InChI is InChI=1S/C13H8Cl4F3NO/c1-5-7(4-22)12(17)21(11(5)16)10-8(14)2-6(3-9(10)15)13(18,19)20/h2-3,22H,4H2,1H3. The van der Waals surface area contributed by atoms with E-state index < -0.39 is 11.7 Å². The number of alkyl halides is 3. The topological polar surface area (TPSA) is 25.2 Å². The van der Waals surface area contributed by atoms with Crippen molar-refractivity contribution in [3.05, 3.63) is 49.2 Å². The smallest absolute Gasteiger partial charge is 0.392 e. The number of rotatable bonds is 2. The second-order valence-electron chi connectivity index (χ2n) is 4.46. The van der Waals surface area contributed by atoms with Gasteiger partial charge in [0.15, 0.2) is 0 Å². The Kier molecular flexibility index (Phi) is 4.95. The molecule has 2 nitrogen and oxygen atoms in total. The van der Waals surface area contributed by atoms with Crippen LogP contribution >= 0.6 is 46.4 Å². The first-order valence-electron chi connectivity index (χ1n) is 5.82. The number of hydrogen-bond acceptors (Lipinski definition) is 1. The fourth-order valence-electron chi connectivity index (χ4n) is 1.99. The van der Waals surface area contributed by atoms with E-state index in [1.165, 1.54) is 4.57 Å². The van der Waals surface area contributed by atoms with Gasteiger partial charge in [0.2, 0.25) is 0 Å². The molecule has 0 bridgehead atoms. The molecule has 0 atom stereocenters. The summed E-state index contributed by atoms with van der Waals surface area (Å²) in [4.78, 5) is 0. The molecule has 1 aromatic carbocycles. The van der Waals surface area contributed by atoms with Gasteiger partial charge in [0.1, 0.15) is 10.3 Å². The molecule has 0 saturated heterocycles. The van der Waals surface area contributed by atoms with Gasteiger partial charge >= 0.3 is 6.18 Å². The Balaban J connectivity index is 2.75. The van der Waals surface area contributed by atoms with E-state index in [2.05, 4.69) is 0 Å². The van der Waals surface area contributed by atoms with E-state index in [4.69, 9.17) is 46.4 Å². The summed E-state index contributed by atoms with van der Waals surface area (Å²) in [5.74, 6) is 0. The van der Waals surface area contributed by atoms with Crippen LogP contribution in [0.1, 0.15) is 16.7 Å². The predicted molar refractivity (Wildman–Crippen MR) is 81.5 cm³/mol. The van der Waals surface area contributed by atoms with E-state index in [9.17, 15) is 18.3 Å². The highest BCUT2D eigenvalue weighted by atomic mass is 35.5. The number of benzene rings is 1. The van der Waals surface area contributed by atoms with E-state index in [-0.39, 0.29) is 32.6 Å².